The van der Waals surface area contributed by atoms with E-state index in [-0.39, 0.29) is 0 Å². The number of fused-ring (bicyclic) bond motifs is 7. The molecule has 0 atom stereocenters. The summed E-state index contributed by atoms with van der Waals surface area (Å²) in [5.41, 5.74) is 16.3. The first-order valence-electron chi connectivity index (χ1n) is 23.0. The largest absolute Gasteiger partial charge is 0.306 e. The Kier molecular flexibility index (Phi) is 9.43. The second-order valence-corrected chi connectivity index (χ2v) is 17.2. The minimum absolute atomic E-state index is 0.545. The molecule has 0 N–H and O–H groups in total. The lowest BCUT2D eigenvalue weighted by Crippen LogP contribution is -2.07. The lowest BCUT2D eigenvalue weighted by Gasteiger charge is -2.20. The van der Waals surface area contributed by atoms with Crippen LogP contribution in [0.1, 0.15) is 0 Å². The second kappa shape index (κ2) is 16.4. The Morgan fingerprint density at radius 2 is 0.632 bits per heavy atom. The van der Waals surface area contributed by atoms with Crippen LogP contribution in [-0.2, 0) is 0 Å². The molecule has 13 aromatic rings. The molecule has 318 valence electrons. The second-order valence-electron chi connectivity index (χ2n) is 17.2. The lowest BCUT2D eigenvalue weighted by atomic mass is 9.95. The van der Waals surface area contributed by atoms with Crippen molar-refractivity contribution in [3.63, 3.8) is 0 Å². The molecule has 10 aromatic carbocycles. The summed E-state index contributed by atoms with van der Waals surface area (Å²) in [5, 5.41) is 4.54. The van der Waals surface area contributed by atoms with Crippen molar-refractivity contribution < 1.29 is 0 Å². The number of hydrogen-bond acceptors (Lipinski definition) is 3. The van der Waals surface area contributed by atoms with Gasteiger partial charge in [-0.2, -0.15) is 9.97 Å². The molecule has 0 spiro atoms. The van der Waals surface area contributed by atoms with E-state index in [4.69, 9.17) is 15.0 Å². The minimum atomic E-state index is 0.545. The summed E-state index contributed by atoms with van der Waals surface area (Å²) >= 11 is 0. The van der Waals surface area contributed by atoms with Gasteiger partial charge >= 0.3 is 0 Å². The summed E-state index contributed by atoms with van der Waals surface area (Å²) in [7, 11) is 0. The summed E-state index contributed by atoms with van der Waals surface area (Å²) in [5.74, 6) is 1.74. The van der Waals surface area contributed by atoms with E-state index >= 15 is 0 Å². The zero-order valence-electron chi connectivity index (χ0n) is 36.9. The van der Waals surface area contributed by atoms with Crippen LogP contribution in [0.25, 0.3) is 123 Å². The van der Waals surface area contributed by atoms with Crippen molar-refractivity contribution in [1.29, 1.82) is 0 Å². The van der Waals surface area contributed by atoms with E-state index in [2.05, 4.69) is 240 Å². The van der Waals surface area contributed by atoms with Gasteiger partial charge in [0, 0.05) is 43.8 Å². The highest BCUT2D eigenvalue weighted by atomic mass is 15.2. The van der Waals surface area contributed by atoms with Crippen LogP contribution in [0.3, 0.4) is 0 Å². The number of nitrogens with zero attached hydrogens (tertiary/aromatic N) is 5. The molecule has 5 heteroatoms. The summed E-state index contributed by atoms with van der Waals surface area (Å²) in [6.07, 6.45) is 0. The Bertz CT molecular complexity index is 3930. The molecule has 0 aliphatic rings. The summed E-state index contributed by atoms with van der Waals surface area (Å²) in [6.45, 7) is 0. The van der Waals surface area contributed by atoms with Gasteiger partial charge in [-0.25, -0.2) is 4.98 Å². The number of hydrogen-bond donors (Lipinski definition) is 0. The molecule has 5 nitrogen and oxygen atoms in total. The van der Waals surface area contributed by atoms with Crippen molar-refractivity contribution in [1.82, 2.24) is 24.1 Å². The zero-order chi connectivity index (χ0) is 45.0. The number of benzene rings is 10. The predicted octanol–water partition coefficient (Wildman–Crippen LogP) is 16.1. The highest BCUT2D eigenvalue weighted by molar-refractivity contribution is 6.24. The molecule has 3 aromatic heterocycles. The highest BCUT2D eigenvalue weighted by Crippen LogP contribution is 2.45. The first-order chi connectivity index (χ1) is 33.7. The Morgan fingerprint density at radius 1 is 0.250 bits per heavy atom. The van der Waals surface area contributed by atoms with E-state index < -0.39 is 0 Å². The maximum absolute atomic E-state index is 5.45. The molecule has 0 radical (unpaired) electrons. The lowest BCUT2D eigenvalue weighted by molar-refractivity contribution is 0.953. The van der Waals surface area contributed by atoms with Crippen molar-refractivity contribution in [3.8, 4) is 78.9 Å². The van der Waals surface area contributed by atoms with Crippen molar-refractivity contribution >= 4 is 43.6 Å². The van der Waals surface area contributed by atoms with Gasteiger partial charge in [-0.15, -0.1) is 0 Å². The summed E-state index contributed by atoms with van der Waals surface area (Å²) in [4.78, 5) is 16.1. The fourth-order valence-electron chi connectivity index (χ4n) is 10.1. The van der Waals surface area contributed by atoms with Gasteiger partial charge in [0.2, 0.25) is 5.95 Å². The third-order valence-corrected chi connectivity index (χ3v) is 13.2. The van der Waals surface area contributed by atoms with Gasteiger partial charge in [0.15, 0.2) is 11.6 Å². The molecule has 0 amide bonds. The number of aromatic nitrogens is 5. The Morgan fingerprint density at radius 3 is 1.18 bits per heavy atom. The molecular weight excluding hydrogens is 827 g/mol. The van der Waals surface area contributed by atoms with Crippen LogP contribution in [0.4, 0.5) is 0 Å². The maximum Gasteiger partial charge on any atom is 0.238 e. The molecule has 13 rings (SSSR count). The molecular formula is C63H41N5. The Labute approximate surface area is 393 Å². The van der Waals surface area contributed by atoms with Crippen LogP contribution in [0.2, 0.25) is 0 Å². The molecule has 0 saturated carbocycles. The van der Waals surface area contributed by atoms with Crippen molar-refractivity contribution in [2.45, 2.75) is 0 Å². The van der Waals surface area contributed by atoms with E-state index in [1.807, 2.05) is 18.2 Å². The van der Waals surface area contributed by atoms with Crippen LogP contribution in [-0.4, -0.2) is 24.1 Å². The van der Waals surface area contributed by atoms with E-state index in [0.717, 1.165) is 88.4 Å². The Hall–Kier alpha value is -9.19. The molecule has 68 heavy (non-hydrogen) atoms. The van der Waals surface area contributed by atoms with Crippen LogP contribution in [0, 0.1) is 0 Å². The van der Waals surface area contributed by atoms with Crippen molar-refractivity contribution in [2.24, 2.45) is 0 Å². The van der Waals surface area contributed by atoms with Crippen LogP contribution >= 0.6 is 0 Å². The van der Waals surface area contributed by atoms with E-state index in [9.17, 15) is 0 Å². The van der Waals surface area contributed by atoms with E-state index in [0.29, 0.717) is 17.6 Å². The molecule has 3 heterocycles. The van der Waals surface area contributed by atoms with Gasteiger partial charge in [0.25, 0.3) is 0 Å². The maximum atomic E-state index is 5.45. The van der Waals surface area contributed by atoms with Gasteiger partial charge in [-0.1, -0.05) is 231 Å². The fourth-order valence-corrected chi connectivity index (χ4v) is 10.1. The van der Waals surface area contributed by atoms with Crippen LogP contribution in [0.5, 0.6) is 0 Å². The smallest absolute Gasteiger partial charge is 0.238 e. The zero-order valence-corrected chi connectivity index (χ0v) is 36.9. The molecule has 0 fully saturated rings. The summed E-state index contributed by atoms with van der Waals surface area (Å²) < 4.78 is 4.77. The standard InChI is InChI=1S/C63H41N5/c1-5-19-42(20-6-1)48-27-17-28-49(41-48)43-35-37-47(38-36-43)62-64-61(46-25-11-4-12-26-46)65-63(66-62)68-57-34-16-14-30-53(57)55-40-39-54-52-29-13-15-33-56(52)67(59(54)60(55)68)58-50(44-21-7-2-8-22-44)31-18-32-51(58)45-23-9-3-10-24-45/h1-41H. The minimum Gasteiger partial charge on any atom is -0.306 e. The van der Waals surface area contributed by atoms with Crippen molar-refractivity contribution in [3.05, 3.63) is 249 Å². The monoisotopic (exact) mass is 867 g/mol. The fraction of sp³-hybridized carbons (Fsp3) is 0. The average Bonchev–Trinajstić information content (AvgIpc) is 3.95. The van der Waals surface area contributed by atoms with Crippen LogP contribution < -0.4 is 0 Å². The topological polar surface area (TPSA) is 48.5 Å². The molecule has 0 bridgehead atoms. The molecule has 0 aliphatic heterocycles. The molecule has 0 aliphatic carbocycles. The summed E-state index contributed by atoms with van der Waals surface area (Å²) in [6, 6.07) is 88.2. The first-order valence-corrected chi connectivity index (χ1v) is 23.0. The van der Waals surface area contributed by atoms with Gasteiger partial charge in [-0.05, 0) is 51.6 Å². The number of rotatable bonds is 8. The average molecular weight is 868 g/mol. The van der Waals surface area contributed by atoms with Gasteiger partial charge in [-0.3, -0.25) is 4.57 Å². The first kappa shape index (κ1) is 39.2. The molecule has 0 unspecified atom stereocenters. The van der Waals surface area contributed by atoms with Gasteiger partial charge in [0.05, 0.1) is 27.8 Å². The SMILES string of the molecule is c1ccc(-c2cccc(-c3ccc(-c4nc(-c5ccccc5)nc(-n5c6ccccc6c6ccc7c8ccccc8n(-c8c(-c9ccccc9)cccc8-c8ccccc8)c7c65)n4)cc3)c2)cc1. The van der Waals surface area contributed by atoms with Crippen molar-refractivity contribution in [2.75, 3.05) is 0 Å². The quantitative estimate of drug-likeness (QED) is 0.153. The third kappa shape index (κ3) is 6.59. The van der Waals surface area contributed by atoms with Gasteiger partial charge < -0.3 is 4.57 Å². The highest BCUT2D eigenvalue weighted by Gasteiger charge is 2.26. The van der Waals surface area contributed by atoms with E-state index in [1.165, 1.54) is 16.5 Å². The Balaban J connectivity index is 1.09. The third-order valence-electron chi connectivity index (χ3n) is 13.2. The van der Waals surface area contributed by atoms with Gasteiger partial charge in [0.1, 0.15) is 0 Å². The normalized spacial score (nSPS) is 11.5. The predicted molar refractivity (Wildman–Crippen MR) is 281 cm³/mol. The van der Waals surface area contributed by atoms with E-state index in [1.54, 1.807) is 0 Å². The number of para-hydroxylation sites is 3. The molecule has 0 saturated heterocycles. The van der Waals surface area contributed by atoms with Crippen LogP contribution in [0.15, 0.2) is 249 Å².